The van der Waals surface area contributed by atoms with Crippen molar-refractivity contribution in [2.24, 2.45) is 0 Å². The van der Waals surface area contributed by atoms with Gasteiger partial charge in [-0.05, 0) is 55.5 Å². The molecule has 1 aliphatic heterocycles. The minimum atomic E-state index is -3.73. The van der Waals surface area contributed by atoms with E-state index in [2.05, 4.69) is 5.32 Å². The van der Waals surface area contributed by atoms with Crippen LogP contribution in [0.25, 0.3) is 0 Å². The molecule has 3 aliphatic rings. The molecule has 0 saturated heterocycles. The molecule has 1 aromatic heterocycles. The molecule has 0 radical (unpaired) electrons. The molecule has 2 aromatic rings. The normalized spacial score (nSPS) is 19.2. The quantitative estimate of drug-likeness (QED) is 0.571. The Hall–Kier alpha value is -3.52. The van der Waals surface area contributed by atoms with Crippen LogP contribution in [-0.2, 0) is 22.9 Å². The number of pyridine rings is 1. The van der Waals surface area contributed by atoms with Crippen molar-refractivity contribution in [3.8, 4) is 6.07 Å². The number of aromatic nitrogens is 1. The fourth-order valence-corrected chi connectivity index (χ4v) is 7.51. The second-order valence-corrected chi connectivity index (χ2v) is 12.5. The van der Waals surface area contributed by atoms with Gasteiger partial charge in [0.2, 0.25) is 0 Å². The average Bonchev–Trinajstić information content (AvgIpc) is 3.80. The number of nitrogens with one attached hydrogen (secondary N) is 1. The van der Waals surface area contributed by atoms with Crippen LogP contribution >= 0.6 is 0 Å². The maximum Gasteiger partial charge on any atom is 0.270 e. The maximum absolute atomic E-state index is 13.5. The molecule has 1 aromatic carbocycles. The van der Waals surface area contributed by atoms with Crippen molar-refractivity contribution in [2.75, 3.05) is 19.8 Å². The Morgan fingerprint density at radius 2 is 1.69 bits per heavy atom. The van der Waals surface area contributed by atoms with Crippen molar-refractivity contribution in [1.29, 1.82) is 5.26 Å². The van der Waals surface area contributed by atoms with E-state index in [1.165, 1.54) is 21.6 Å². The number of amides is 2. The van der Waals surface area contributed by atoms with Crippen LogP contribution in [0.4, 0.5) is 4.39 Å². The van der Waals surface area contributed by atoms with Crippen LogP contribution in [0.5, 0.6) is 0 Å². The first kappa shape index (κ1) is 24.2. The highest BCUT2D eigenvalue weighted by atomic mass is 32.2. The number of hydrogen-bond donors (Lipinski definition) is 1. The monoisotopic (exact) mass is 512 g/mol. The summed E-state index contributed by atoms with van der Waals surface area (Å²) >= 11 is 0. The summed E-state index contributed by atoms with van der Waals surface area (Å²) in [5.74, 6) is -1.06. The molecular formula is C25H25FN4O5S. The number of nitriles is 1. The summed E-state index contributed by atoms with van der Waals surface area (Å²) in [6.07, 6.45) is 1.42. The molecule has 2 heterocycles. The standard InChI is InChI=1S/C25H25FN4O5S/c26-15-24(7-8-24)36(34,35)25(9-10-25)16-29-11-12-30-20(23(29)33)6-5-19(22(30)32)21(31)28-14-18-3-1-17(13-27)2-4-18/h1-6H,7-12,14-16H2,(H,28,31). The third-order valence-electron chi connectivity index (χ3n) is 7.53. The van der Waals surface area contributed by atoms with Gasteiger partial charge >= 0.3 is 0 Å². The predicted octanol–water partition coefficient (Wildman–Crippen LogP) is 1.56. The third kappa shape index (κ3) is 3.80. The maximum atomic E-state index is 13.5. The second-order valence-electron chi connectivity index (χ2n) is 9.81. The average molecular weight is 513 g/mol. The Kier molecular flexibility index (Phi) is 5.75. The lowest BCUT2D eigenvalue weighted by molar-refractivity contribution is 0.0694. The first-order chi connectivity index (χ1) is 17.2. The Morgan fingerprint density at radius 1 is 1.03 bits per heavy atom. The van der Waals surface area contributed by atoms with Crippen LogP contribution in [0.3, 0.4) is 0 Å². The predicted molar refractivity (Wildman–Crippen MR) is 128 cm³/mol. The minimum absolute atomic E-state index is 0.0169. The molecule has 0 spiro atoms. The summed E-state index contributed by atoms with van der Waals surface area (Å²) in [6.45, 7) is -0.505. The van der Waals surface area contributed by atoms with Gasteiger partial charge in [-0.25, -0.2) is 12.8 Å². The molecule has 9 nitrogen and oxygen atoms in total. The Bertz CT molecular complexity index is 1450. The number of carbonyl (C=O) groups is 2. The van der Waals surface area contributed by atoms with Gasteiger partial charge in [0.25, 0.3) is 17.4 Å². The van der Waals surface area contributed by atoms with Gasteiger partial charge in [-0.2, -0.15) is 5.26 Å². The number of hydrogen-bond acceptors (Lipinski definition) is 6. The summed E-state index contributed by atoms with van der Waals surface area (Å²) in [7, 11) is -3.73. The SMILES string of the molecule is N#Cc1ccc(CNC(=O)c2ccc3n(c2=O)CCN(CC2(S(=O)(=O)C4(CF)CC4)CC2)C3=O)cc1. The van der Waals surface area contributed by atoms with E-state index in [9.17, 15) is 27.2 Å². The second kappa shape index (κ2) is 8.55. The Balaban J connectivity index is 1.30. The summed E-state index contributed by atoms with van der Waals surface area (Å²) in [5.41, 5.74) is 0.650. The molecule has 0 unspecified atom stereocenters. The van der Waals surface area contributed by atoms with Crippen LogP contribution in [0.15, 0.2) is 41.2 Å². The van der Waals surface area contributed by atoms with E-state index in [4.69, 9.17) is 5.26 Å². The Morgan fingerprint density at radius 3 is 2.28 bits per heavy atom. The van der Waals surface area contributed by atoms with E-state index in [0.717, 1.165) is 5.56 Å². The molecule has 188 valence electrons. The van der Waals surface area contributed by atoms with E-state index < -0.39 is 43.4 Å². The lowest BCUT2D eigenvalue weighted by atomic mass is 10.1. The van der Waals surface area contributed by atoms with Crippen LogP contribution < -0.4 is 10.9 Å². The molecule has 2 aliphatic carbocycles. The van der Waals surface area contributed by atoms with E-state index in [1.807, 2.05) is 6.07 Å². The lowest BCUT2D eigenvalue weighted by Crippen LogP contribution is -2.51. The van der Waals surface area contributed by atoms with Crippen LogP contribution in [0.1, 0.15) is 57.7 Å². The van der Waals surface area contributed by atoms with Gasteiger partial charge in [0.1, 0.15) is 22.7 Å². The molecule has 11 heteroatoms. The highest BCUT2D eigenvalue weighted by molar-refractivity contribution is 7.94. The van der Waals surface area contributed by atoms with Crippen molar-refractivity contribution >= 4 is 21.7 Å². The zero-order chi connectivity index (χ0) is 25.7. The molecule has 0 bridgehead atoms. The zero-order valence-electron chi connectivity index (χ0n) is 19.5. The largest absolute Gasteiger partial charge is 0.348 e. The number of carbonyl (C=O) groups excluding carboxylic acids is 2. The Labute approximate surface area is 207 Å². The number of sulfone groups is 1. The number of benzene rings is 1. The fourth-order valence-electron chi connectivity index (χ4n) is 4.84. The van der Waals surface area contributed by atoms with Gasteiger partial charge in [-0.3, -0.25) is 14.4 Å². The van der Waals surface area contributed by atoms with Gasteiger partial charge in [0.05, 0.1) is 16.4 Å². The fraction of sp³-hybridized carbons (Fsp3) is 0.440. The van der Waals surface area contributed by atoms with Gasteiger partial charge in [-0.15, -0.1) is 0 Å². The summed E-state index contributed by atoms with van der Waals surface area (Å²) in [6, 6.07) is 11.4. The van der Waals surface area contributed by atoms with Crippen LogP contribution in [0, 0.1) is 11.3 Å². The minimum Gasteiger partial charge on any atom is -0.348 e. The number of rotatable bonds is 8. The van der Waals surface area contributed by atoms with Crippen LogP contribution in [0.2, 0.25) is 0 Å². The van der Waals surface area contributed by atoms with Crippen LogP contribution in [-0.4, -0.2) is 59.0 Å². The van der Waals surface area contributed by atoms with Crippen molar-refractivity contribution in [2.45, 2.75) is 48.3 Å². The highest BCUT2D eigenvalue weighted by Crippen LogP contribution is 2.57. The summed E-state index contributed by atoms with van der Waals surface area (Å²) in [4.78, 5) is 40.2. The van der Waals surface area contributed by atoms with Gasteiger partial charge in [-0.1, -0.05) is 12.1 Å². The third-order valence-corrected chi connectivity index (χ3v) is 10.9. The highest BCUT2D eigenvalue weighted by Gasteiger charge is 2.68. The molecule has 1 N–H and O–H groups in total. The van der Waals surface area contributed by atoms with Gasteiger partial charge in [0.15, 0.2) is 9.84 Å². The van der Waals surface area contributed by atoms with E-state index in [-0.39, 0.29) is 37.4 Å². The number of alkyl halides is 1. The van der Waals surface area contributed by atoms with Gasteiger partial charge in [0, 0.05) is 26.2 Å². The molecule has 2 amide bonds. The number of halogens is 1. The molecule has 36 heavy (non-hydrogen) atoms. The molecule has 5 rings (SSSR count). The van der Waals surface area contributed by atoms with E-state index in [1.54, 1.807) is 24.3 Å². The summed E-state index contributed by atoms with van der Waals surface area (Å²) in [5, 5.41) is 11.5. The topological polar surface area (TPSA) is 129 Å². The smallest absolute Gasteiger partial charge is 0.270 e. The molecule has 2 saturated carbocycles. The number of nitrogens with zero attached hydrogens (tertiary/aromatic N) is 3. The molecule has 2 fully saturated rings. The number of fused-ring (bicyclic) bond motifs is 1. The summed E-state index contributed by atoms with van der Waals surface area (Å²) < 4.78 is 38.6. The van der Waals surface area contributed by atoms with Crippen molar-refractivity contribution in [3.63, 3.8) is 0 Å². The van der Waals surface area contributed by atoms with Crippen molar-refractivity contribution in [3.05, 3.63) is 69.1 Å². The lowest BCUT2D eigenvalue weighted by Gasteiger charge is -2.33. The van der Waals surface area contributed by atoms with Gasteiger partial charge < -0.3 is 14.8 Å². The van der Waals surface area contributed by atoms with E-state index in [0.29, 0.717) is 31.2 Å². The zero-order valence-corrected chi connectivity index (χ0v) is 20.3. The van der Waals surface area contributed by atoms with Crippen molar-refractivity contribution in [1.82, 2.24) is 14.8 Å². The van der Waals surface area contributed by atoms with Crippen molar-refractivity contribution < 1.29 is 22.4 Å². The molecular weight excluding hydrogens is 487 g/mol. The molecule has 0 atom stereocenters. The first-order valence-electron chi connectivity index (χ1n) is 11.8. The van der Waals surface area contributed by atoms with E-state index >= 15 is 0 Å². The first-order valence-corrected chi connectivity index (χ1v) is 13.3.